The molecule has 5 heteroatoms. The van der Waals surface area contributed by atoms with Crippen molar-refractivity contribution < 1.29 is 8.81 Å². The fourth-order valence-electron chi connectivity index (χ4n) is 2.43. The van der Waals surface area contributed by atoms with Crippen LogP contribution in [0.15, 0.2) is 16.5 Å². The van der Waals surface area contributed by atoms with Crippen LogP contribution in [0.25, 0.3) is 11.1 Å². The van der Waals surface area contributed by atoms with Gasteiger partial charge in [-0.1, -0.05) is 11.6 Å². The number of aromatic nitrogens is 1. The number of nitrogens with zero attached hydrogens (tertiary/aromatic N) is 1. The number of hydrogen-bond donors (Lipinski definition) is 1. The Labute approximate surface area is 109 Å². The van der Waals surface area contributed by atoms with Gasteiger partial charge in [-0.2, -0.15) is 0 Å². The first-order chi connectivity index (χ1) is 8.72. The van der Waals surface area contributed by atoms with E-state index in [2.05, 4.69) is 10.3 Å². The van der Waals surface area contributed by atoms with Gasteiger partial charge >= 0.3 is 0 Å². The number of piperidine rings is 1. The van der Waals surface area contributed by atoms with Gasteiger partial charge in [0.1, 0.15) is 11.3 Å². The van der Waals surface area contributed by atoms with E-state index >= 15 is 0 Å². The maximum absolute atomic E-state index is 13.2. The molecule has 1 aromatic heterocycles. The zero-order valence-corrected chi connectivity index (χ0v) is 10.6. The minimum atomic E-state index is -0.380. The first-order valence-electron chi connectivity index (χ1n) is 6.17. The summed E-state index contributed by atoms with van der Waals surface area (Å²) in [5.74, 6) is 0.863. The molecule has 96 valence electrons. The van der Waals surface area contributed by atoms with E-state index in [4.69, 9.17) is 16.0 Å². The number of fused-ring (bicyclic) bond motifs is 1. The first kappa shape index (κ1) is 11.9. The number of oxazole rings is 1. The molecule has 0 atom stereocenters. The third kappa shape index (κ3) is 2.35. The quantitative estimate of drug-likeness (QED) is 0.909. The minimum Gasteiger partial charge on any atom is -0.439 e. The molecule has 3 nitrogen and oxygen atoms in total. The summed E-state index contributed by atoms with van der Waals surface area (Å²) >= 11 is 5.93. The topological polar surface area (TPSA) is 38.1 Å². The normalized spacial score (nSPS) is 17.4. The second-order valence-corrected chi connectivity index (χ2v) is 5.15. The lowest BCUT2D eigenvalue weighted by Crippen LogP contribution is -2.28. The van der Waals surface area contributed by atoms with Crippen LogP contribution in [0.3, 0.4) is 0 Å². The average Bonchev–Trinajstić information content (AvgIpc) is 2.73. The molecule has 0 bridgehead atoms. The van der Waals surface area contributed by atoms with E-state index in [-0.39, 0.29) is 10.8 Å². The molecule has 0 amide bonds. The molecule has 1 N–H and O–H groups in total. The number of nitrogens with one attached hydrogen (secondary N) is 1. The van der Waals surface area contributed by atoms with Crippen LogP contribution in [0.4, 0.5) is 4.39 Å². The lowest BCUT2D eigenvalue weighted by Gasteiger charge is -2.20. The number of benzene rings is 1. The molecule has 2 aromatic rings. The van der Waals surface area contributed by atoms with Crippen molar-refractivity contribution in [3.05, 3.63) is 28.9 Å². The van der Waals surface area contributed by atoms with Gasteiger partial charge in [0.25, 0.3) is 0 Å². The van der Waals surface area contributed by atoms with Crippen LogP contribution in [0, 0.1) is 11.7 Å². The summed E-state index contributed by atoms with van der Waals surface area (Å²) < 4.78 is 18.8. The van der Waals surface area contributed by atoms with Crippen LogP contribution in [-0.4, -0.2) is 18.1 Å². The second-order valence-electron chi connectivity index (χ2n) is 4.74. The Bertz CT molecular complexity index is 563. The highest BCUT2D eigenvalue weighted by atomic mass is 35.5. The van der Waals surface area contributed by atoms with Gasteiger partial charge in [0.15, 0.2) is 11.5 Å². The Hall–Kier alpha value is -1.13. The van der Waals surface area contributed by atoms with Crippen LogP contribution in [0.5, 0.6) is 0 Å². The molecule has 0 spiro atoms. The van der Waals surface area contributed by atoms with Crippen LogP contribution in [-0.2, 0) is 6.42 Å². The highest BCUT2D eigenvalue weighted by molar-refractivity contribution is 6.34. The standard InChI is InChI=1S/C13H14ClFN2O/c14-10-6-9(15)7-11-13(10)18-12(17-11)5-8-1-3-16-4-2-8/h6-8,16H,1-5H2. The Morgan fingerprint density at radius 3 is 2.94 bits per heavy atom. The van der Waals surface area contributed by atoms with Crippen LogP contribution in [0.2, 0.25) is 5.02 Å². The zero-order chi connectivity index (χ0) is 12.5. The molecule has 0 radical (unpaired) electrons. The molecule has 3 rings (SSSR count). The summed E-state index contributed by atoms with van der Waals surface area (Å²) in [6.45, 7) is 2.08. The van der Waals surface area contributed by atoms with Crippen molar-refractivity contribution in [3.63, 3.8) is 0 Å². The third-order valence-electron chi connectivity index (χ3n) is 3.38. The zero-order valence-electron chi connectivity index (χ0n) is 9.88. The summed E-state index contributed by atoms with van der Waals surface area (Å²) in [7, 11) is 0. The largest absolute Gasteiger partial charge is 0.439 e. The molecule has 1 aromatic carbocycles. The van der Waals surface area contributed by atoms with Crippen LogP contribution >= 0.6 is 11.6 Å². The molecule has 18 heavy (non-hydrogen) atoms. The summed E-state index contributed by atoms with van der Waals surface area (Å²) in [5, 5.41) is 3.61. The van der Waals surface area contributed by atoms with E-state index in [1.807, 2.05) is 0 Å². The van der Waals surface area contributed by atoms with Crippen molar-refractivity contribution in [2.45, 2.75) is 19.3 Å². The molecule has 0 unspecified atom stereocenters. The van der Waals surface area contributed by atoms with Crippen molar-refractivity contribution in [2.75, 3.05) is 13.1 Å². The monoisotopic (exact) mass is 268 g/mol. The Morgan fingerprint density at radius 1 is 1.39 bits per heavy atom. The molecule has 1 saturated heterocycles. The van der Waals surface area contributed by atoms with Crippen molar-refractivity contribution in [2.24, 2.45) is 5.92 Å². The maximum atomic E-state index is 13.2. The van der Waals surface area contributed by atoms with E-state index in [1.165, 1.54) is 12.1 Å². The van der Waals surface area contributed by atoms with E-state index in [9.17, 15) is 4.39 Å². The maximum Gasteiger partial charge on any atom is 0.195 e. The van der Waals surface area contributed by atoms with Gasteiger partial charge in [0.2, 0.25) is 0 Å². The van der Waals surface area contributed by atoms with Gasteiger partial charge in [-0.15, -0.1) is 0 Å². The molecular weight excluding hydrogens is 255 g/mol. The van der Waals surface area contributed by atoms with Gasteiger partial charge in [-0.25, -0.2) is 9.37 Å². The Kier molecular flexibility index (Phi) is 3.22. The lowest BCUT2D eigenvalue weighted by atomic mass is 9.95. The van der Waals surface area contributed by atoms with Crippen molar-refractivity contribution in [1.82, 2.24) is 10.3 Å². The number of rotatable bonds is 2. The Morgan fingerprint density at radius 2 is 2.17 bits per heavy atom. The van der Waals surface area contributed by atoms with Crippen LogP contribution in [0.1, 0.15) is 18.7 Å². The molecule has 1 aliphatic heterocycles. The summed E-state index contributed by atoms with van der Waals surface area (Å²) in [5.41, 5.74) is 0.992. The van der Waals surface area contributed by atoms with Crippen LogP contribution < -0.4 is 5.32 Å². The van der Waals surface area contributed by atoms with E-state index in [1.54, 1.807) is 0 Å². The third-order valence-corrected chi connectivity index (χ3v) is 3.66. The fourth-order valence-corrected chi connectivity index (χ4v) is 2.67. The number of hydrogen-bond acceptors (Lipinski definition) is 3. The molecule has 0 saturated carbocycles. The van der Waals surface area contributed by atoms with Crippen molar-refractivity contribution >= 4 is 22.7 Å². The summed E-state index contributed by atoms with van der Waals surface area (Å²) in [6, 6.07) is 2.61. The number of halogens is 2. The molecule has 1 aliphatic rings. The van der Waals surface area contributed by atoms with Gasteiger partial charge in [0, 0.05) is 12.5 Å². The average molecular weight is 269 g/mol. The predicted molar refractivity (Wildman–Crippen MR) is 68.3 cm³/mol. The van der Waals surface area contributed by atoms with Gasteiger partial charge in [-0.3, -0.25) is 0 Å². The molecule has 1 fully saturated rings. The van der Waals surface area contributed by atoms with Gasteiger partial charge < -0.3 is 9.73 Å². The molecule has 2 heterocycles. The van der Waals surface area contributed by atoms with E-state index < -0.39 is 0 Å². The Balaban J connectivity index is 1.86. The van der Waals surface area contributed by atoms with Crippen molar-refractivity contribution in [3.8, 4) is 0 Å². The first-order valence-corrected chi connectivity index (χ1v) is 6.55. The van der Waals surface area contributed by atoms with Crippen molar-refractivity contribution in [1.29, 1.82) is 0 Å². The van der Waals surface area contributed by atoms with E-state index in [0.717, 1.165) is 32.4 Å². The van der Waals surface area contributed by atoms with E-state index in [0.29, 0.717) is 22.9 Å². The highest BCUT2D eigenvalue weighted by Crippen LogP contribution is 2.27. The van der Waals surface area contributed by atoms with Gasteiger partial charge in [0.05, 0.1) is 5.02 Å². The SMILES string of the molecule is Fc1cc(Cl)c2oc(CC3CCNCC3)nc2c1. The smallest absolute Gasteiger partial charge is 0.195 e. The molecular formula is C13H14ClFN2O. The predicted octanol–water partition coefficient (Wildman–Crippen LogP) is 3.16. The summed E-state index contributed by atoms with van der Waals surface area (Å²) in [4.78, 5) is 4.32. The second kappa shape index (κ2) is 4.86. The fraction of sp³-hybridized carbons (Fsp3) is 0.462. The minimum absolute atomic E-state index is 0.286. The summed E-state index contributed by atoms with van der Waals surface area (Å²) in [6.07, 6.45) is 3.05. The lowest BCUT2D eigenvalue weighted by molar-refractivity contribution is 0.346. The highest BCUT2D eigenvalue weighted by Gasteiger charge is 2.18. The molecule has 0 aliphatic carbocycles. The van der Waals surface area contributed by atoms with Gasteiger partial charge in [-0.05, 0) is 37.9 Å².